The Balaban J connectivity index is 2.13. The van der Waals surface area contributed by atoms with E-state index in [1.807, 2.05) is 6.20 Å². The summed E-state index contributed by atoms with van der Waals surface area (Å²) in [5, 5.41) is 8.76. The second kappa shape index (κ2) is 5.21. The maximum atomic E-state index is 8.76. The summed E-state index contributed by atoms with van der Waals surface area (Å²) >= 11 is 0. The average molecular weight is 206 g/mol. The first-order chi connectivity index (χ1) is 7.40. The van der Waals surface area contributed by atoms with Crippen LogP contribution in [0.5, 0.6) is 0 Å². The zero-order chi connectivity index (χ0) is 10.5. The van der Waals surface area contributed by atoms with Crippen molar-refractivity contribution < 1.29 is 5.11 Å². The molecule has 82 valence electrons. The van der Waals surface area contributed by atoms with Crippen LogP contribution < -0.4 is 0 Å². The van der Waals surface area contributed by atoms with Crippen molar-refractivity contribution in [2.45, 2.75) is 44.9 Å². The van der Waals surface area contributed by atoms with Gasteiger partial charge in [0.05, 0.1) is 0 Å². The summed E-state index contributed by atoms with van der Waals surface area (Å²) in [7, 11) is 0. The van der Waals surface area contributed by atoms with Gasteiger partial charge in [0.15, 0.2) is 0 Å². The van der Waals surface area contributed by atoms with E-state index in [-0.39, 0.29) is 6.61 Å². The quantitative estimate of drug-likeness (QED) is 0.765. The summed E-state index contributed by atoms with van der Waals surface area (Å²) in [6.45, 7) is 0.223. The molecule has 1 aliphatic rings. The Kier molecular flexibility index (Phi) is 3.67. The molecule has 15 heavy (non-hydrogen) atoms. The number of aliphatic hydroxyl groups excluding tert-OH is 1. The Morgan fingerprint density at radius 1 is 1.20 bits per heavy atom. The molecule has 0 saturated carbocycles. The van der Waals surface area contributed by atoms with Crippen LogP contribution in [0.15, 0.2) is 6.20 Å². The van der Waals surface area contributed by atoms with Crippen LogP contribution in [0.2, 0.25) is 0 Å². The second-order valence-electron chi connectivity index (χ2n) is 4.15. The van der Waals surface area contributed by atoms with E-state index in [2.05, 4.69) is 9.97 Å². The molecule has 0 aromatic carbocycles. The molecule has 3 heteroatoms. The number of hydrogen-bond acceptors (Lipinski definition) is 3. The van der Waals surface area contributed by atoms with E-state index in [9.17, 15) is 0 Å². The summed E-state index contributed by atoms with van der Waals surface area (Å²) in [6.07, 6.45) is 9.61. The van der Waals surface area contributed by atoms with E-state index in [1.165, 1.54) is 30.5 Å². The smallest absolute Gasteiger partial charge is 0.128 e. The average Bonchev–Trinajstić information content (AvgIpc) is 2.50. The Hall–Kier alpha value is -0.960. The molecular weight excluding hydrogens is 188 g/mol. The van der Waals surface area contributed by atoms with Gasteiger partial charge in [-0.2, -0.15) is 0 Å². The van der Waals surface area contributed by atoms with Gasteiger partial charge in [-0.25, -0.2) is 9.97 Å². The Morgan fingerprint density at radius 3 is 2.93 bits per heavy atom. The predicted octanol–water partition coefficient (Wildman–Crippen LogP) is 1.67. The fourth-order valence-electron chi connectivity index (χ4n) is 2.05. The van der Waals surface area contributed by atoms with Crippen molar-refractivity contribution in [3.8, 4) is 0 Å². The lowest BCUT2D eigenvalue weighted by atomic mass is 10.1. The Morgan fingerprint density at radius 2 is 2.07 bits per heavy atom. The predicted molar refractivity (Wildman–Crippen MR) is 58.7 cm³/mol. The van der Waals surface area contributed by atoms with Crippen LogP contribution >= 0.6 is 0 Å². The molecule has 0 spiro atoms. The molecule has 1 aromatic rings. The third-order valence-corrected chi connectivity index (χ3v) is 2.92. The molecule has 2 rings (SSSR count). The molecule has 1 heterocycles. The van der Waals surface area contributed by atoms with Crippen molar-refractivity contribution in [2.24, 2.45) is 0 Å². The van der Waals surface area contributed by atoms with Crippen LogP contribution in [0.4, 0.5) is 0 Å². The first kappa shape index (κ1) is 10.6. The third kappa shape index (κ3) is 2.75. The number of aliphatic hydroxyl groups is 1. The van der Waals surface area contributed by atoms with Crippen LogP contribution in [-0.4, -0.2) is 21.7 Å². The van der Waals surface area contributed by atoms with Crippen molar-refractivity contribution in [1.29, 1.82) is 0 Å². The van der Waals surface area contributed by atoms with Gasteiger partial charge < -0.3 is 5.11 Å². The first-order valence-corrected chi connectivity index (χ1v) is 5.84. The van der Waals surface area contributed by atoms with E-state index in [4.69, 9.17) is 5.11 Å². The maximum Gasteiger partial charge on any atom is 0.128 e. The molecule has 1 N–H and O–H groups in total. The molecule has 1 aliphatic carbocycles. The van der Waals surface area contributed by atoms with Crippen molar-refractivity contribution in [3.63, 3.8) is 0 Å². The molecule has 0 unspecified atom stereocenters. The molecule has 0 radical (unpaired) electrons. The molecule has 0 amide bonds. The third-order valence-electron chi connectivity index (χ3n) is 2.92. The fraction of sp³-hybridized carbons (Fsp3) is 0.667. The van der Waals surface area contributed by atoms with Gasteiger partial charge in [-0.3, -0.25) is 0 Å². The van der Waals surface area contributed by atoms with Crippen LogP contribution in [0.1, 0.15) is 42.8 Å². The topological polar surface area (TPSA) is 46.0 Å². The monoisotopic (exact) mass is 206 g/mol. The highest BCUT2D eigenvalue weighted by Crippen LogP contribution is 2.18. The number of fused-ring (bicyclic) bond motifs is 1. The lowest BCUT2D eigenvalue weighted by Gasteiger charge is -2.06. The molecule has 0 atom stereocenters. The number of aromatic nitrogens is 2. The minimum absolute atomic E-state index is 0.223. The molecule has 3 nitrogen and oxygen atoms in total. The zero-order valence-electron chi connectivity index (χ0n) is 9.08. The minimum atomic E-state index is 0.223. The highest BCUT2D eigenvalue weighted by Gasteiger charge is 2.10. The van der Waals surface area contributed by atoms with Crippen molar-refractivity contribution in [3.05, 3.63) is 23.3 Å². The van der Waals surface area contributed by atoms with Gasteiger partial charge in [-0.1, -0.05) is 6.42 Å². The molecule has 1 aromatic heterocycles. The van der Waals surface area contributed by atoms with Gasteiger partial charge in [0, 0.05) is 24.9 Å². The highest BCUT2D eigenvalue weighted by atomic mass is 16.2. The lowest BCUT2D eigenvalue weighted by Crippen LogP contribution is -2.03. The van der Waals surface area contributed by atoms with Gasteiger partial charge >= 0.3 is 0 Å². The van der Waals surface area contributed by atoms with E-state index in [0.29, 0.717) is 0 Å². The van der Waals surface area contributed by atoms with Gasteiger partial charge in [0.1, 0.15) is 5.82 Å². The summed E-state index contributed by atoms with van der Waals surface area (Å²) in [5.74, 6) is 0.893. The summed E-state index contributed by atoms with van der Waals surface area (Å²) in [5.41, 5.74) is 2.58. The van der Waals surface area contributed by atoms with Crippen LogP contribution in [-0.2, 0) is 19.3 Å². The number of aryl methyl sites for hydroxylation is 3. The molecule has 0 bridgehead atoms. The molecule has 0 aliphatic heterocycles. The van der Waals surface area contributed by atoms with E-state index in [1.54, 1.807) is 0 Å². The van der Waals surface area contributed by atoms with Gasteiger partial charge in [-0.05, 0) is 37.7 Å². The molecule has 0 fully saturated rings. The van der Waals surface area contributed by atoms with Gasteiger partial charge in [-0.15, -0.1) is 0 Å². The van der Waals surface area contributed by atoms with E-state index < -0.39 is 0 Å². The van der Waals surface area contributed by atoms with Gasteiger partial charge in [0.25, 0.3) is 0 Å². The van der Waals surface area contributed by atoms with E-state index >= 15 is 0 Å². The second-order valence-corrected chi connectivity index (χ2v) is 4.15. The fourth-order valence-corrected chi connectivity index (χ4v) is 2.05. The maximum absolute atomic E-state index is 8.76. The van der Waals surface area contributed by atoms with Crippen LogP contribution in [0, 0.1) is 0 Å². The first-order valence-electron chi connectivity index (χ1n) is 5.84. The number of hydrogen-bond donors (Lipinski definition) is 1. The SMILES string of the molecule is OCCCc1ncc2c(n1)CCCCC2. The van der Waals surface area contributed by atoms with E-state index in [0.717, 1.165) is 31.5 Å². The Bertz CT molecular complexity index is 325. The van der Waals surface area contributed by atoms with Crippen LogP contribution in [0.3, 0.4) is 0 Å². The largest absolute Gasteiger partial charge is 0.396 e. The minimum Gasteiger partial charge on any atom is -0.396 e. The molecular formula is C12H18N2O. The standard InChI is InChI=1S/C12H18N2O/c15-8-4-7-12-13-9-10-5-2-1-3-6-11(10)14-12/h9,15H,1-8H2. The summed E-state index contributed by atoms with van der Waals surface area (Å²) in [6, 6.07) is 0. The lowest BCUT2D eigenvalue weighted by molar-refractivity contribution is 0.287. The number of rotatable bonds is 3. The van der Waals surface area contributed by atoms with Crippen LogP contribution in [0.25, 0.3) is 0 Å². The highest BCUT2D eigenvalue weighted by molar-refractivity contribution is 5.19. The van der Waals surface area contributed by atoms with Gasteiger partial charge in [0.2, 0.25) is 0 Å². The summed E-state index contributed by atoms with van der Waals surface area (Å²) < 4.78 is 0. The van der Waals surface area contributed by atoms with Crippen molar-refractivity contribution in [1.82, 2.24) is 9.97 Å². The molecule has 0 saturated heterocycles. The normalized spacial score (nSPS) is 15.8. The van der Waals surface area contributed by atoms with Crippen molar-refractivity contribution in [2.75, 3.05) is 6.61 Å². The summed E-state index contributed by atoms with van der Waals surface area (Å²) in [4.78, 5) is 8.94. The Labute approximate surface area is 90.6 Å². The zero-order valence-corrected chi connectivity index (χ0v) is 9.08. The van der Waals surface area contributed by atoms with Crippen molar-refractivity contribution >= 4 is 0 Å². The number of nitrogens with zero attached hydrogens (tertiary/aromatic N) is 2.